The average Bonchev–Trinajstić information content (AvgIpc) is 3.21. The molecule has 188 valence electrons. The lowest BCUT2D eigenvalue weighted by atomic mass is 10.0. The molecular formula is C28H27FN6OS. The number of aryl methyl sites for hydroxylation is 1. The van der Waals surface area contributed by atoms with Crippen molar-refractivity contribution in [3.63, 3.8) is 0 Å². The Balaban J connectivity index is 0.00000123. The van der Waals surface area contributed by atoms with Crippen LogP contribution in [0.25, 0.3) is 33.7 Å². The van der Waals surface area contributed by atoms with E-state index in [1.54, 1.807) is 39.4 Å². The largest absolute Gasteiger partial charge is 0.336 e. The Morgan fingerprint density at radius 3 is 2.70 bits per heavy atom. The van der Waals surface area contributed by atoms with E-state index < -0.39 is 0 Å². The molecule has 2 aliphatic rings. The van der Waals surface area contributed by atoms with Crippen LogP contribution < -0.4 is 0 Å². The van der Waals surface area contributed by atoms with Gasteiger partial charge in [0, 0.05) is 48.5 Å². The molecule has 0 radical (unpaired) electrons. The van der Waals surface area contributed by atoms with Gasteiger partial charge in [0.05, 0.1) is 22.2 Å². The second-order valence-electron chi connectivity index (χ2n) is 9.29. The number of benzene rings is 1. The van der Waals surface area contributed by atoms with Gasteiger partial charge in [-0.3, -0.25) is 9.48 Å². The van der Waals surface area contributed by atoms with Gasteiger partial charge in [-0.2, -0.15) is 5.10 Å². The molecule has 0 bridgehead atoms. The molecule has 1 aliphatic heterocycles. The summed E-state index contributed by atoms with van der Waals surface area (Å²) >= 11 is 1.62. The Bertz CT molecular complexity index is 1630. The van der Waals surface area contributed by atoms with Gasteiger partial charge in [0.25, 0.3) is 5.91 Å². The number of aromatic nitrogens is 5. The van der Waals surface area contributed by atoms with Gasteiger partial charge in [-0.05, 0) is 48.1 Å². The van der Waals surface area contributed by atoms with Gasteiger partial charge in [0.15, 0.2) is 5.65 Å². The number of imidazole rings is 1. The molecule has 1 fully saturated rings. The summed E-state index contributed by atoms with van der Waals surface area (Å²) in [6, 6.07) is 9.20. The highest BCUT2D eigenvalue weighted by Gasteiger charge is 2.34. The molecule has 7 nitrogen and oxygen atoms in total. The number of H-pyrrole nitrogens is 1. The minimum absolute atomic E-state index is 0.0107. The van der Waals surface area contributed by atoms with Crippen LogP contribution in [0.5, 0.6) is 0 Å². The molecule has 0 spiro atoms. The number of rotatable bonds is 5. The Labute approximate surface area is 218 Å². The molecule has 1 amide bonds. The van der Waals surface area contributed by atoms with E-state index in [9.17, 15) is 4.79 Å². The lowest BCUT2D eigenvalue weighted by molar-refractivity contribution is 0.0768. The van der Waals surface area contributed by atoms with Crippen molar-refractivity contribution in [2.45, 2.75) is 45.7 Å². The molecule has 0 unspecified atom stereocenters. The number of fused-ring (bicyclic) bond motifs is 2. The van der Waals surface area contributed by atoms with Crippen molar-refractivity contribution >= 4 is 28.4 Å². The second kappa shape index (κ2) is 9.23. The van der Waals surface area contributed by atoms with Crippen LogP contribution in [0, 0.1) is 5.82 Å². The van der Waals surface area contributed by atoms with Crippen molar-refractivity contribution in [2.75, 3.05) is 0 Å². The van der Waals surface area contributed by atoms with Gasteiger partial charge < -0.3 is 9.88 Å². The maximum atomic E-state index is 15.2. The molecule has 0 saturated heterocycles. The molecular weight excluding hydrogens is 487 g/mol. The van der Waals surface area contributed by atoms with E-state index in [4.69, 9.17) is 0 Å². The first-order valence-corrected chi connectivity index (χ1v) is 13.4. The van der Waals surface area contributed by atoms with Crippen LogP contribution in [-0.2, 0) is 20.1 Å². The van der Waals surface area contributed by atoms with Crippen LogP contribution in [0.1, 0.15) is 58.3 Å². The summed E-state index contributed by atoms with van der Waals surface area (Å²) < 4.78 is 16.9. The molecule has 1 saturated carbocycles. The van der Waals surface area contributed by atoms with Crippen molar-refractivity contribution in [3.8, 4) is 22.5 Å². The zero-order chi connectivity index (χ0) is 25.7. The van der Waals surface area contributed by atoms with Crippen LogP contribution in [0.15, 0.2) is 48.9 Å². The number of hydrogen-bond donors (Lipinski definition) is 1. The molecule has 5 heterocycles. The summed E-state index contributed by atoms with van der Waals surface area (Å²) in [7, 11) is 1.85. The van der Waals surface area contributed by atoms with E-state index >= 15 is 4.39 Å². The molecule has 1 aliphatic carbocycles. The monoisotopic (exact) mass is 514 g/mol. The first-order valence-electron chi connectivity index (χ1n) is 12.6. The molecule has 5 aromatic rings. The van der Waals surface area contributed by atoms with E-state index in [-0.39, 0.29) is 18.3 Å². The molecule has 37 heavy (non-hydrogen) atoms. The van der Waals surface area contributed by atoms with Gasteiger partial charge >= 0.3 is 0 Å². The SMILES string of the molecule is CC.Cn1cc(-c2nc3nccc(-c4ccc(CN5Cc6cc(C7CC7)sc6C5=O)c(F)c4)c3[nH]2)cn1. The van der Waals surface area contributed by atoms with E-state index in [0.717, 1.165) is 32.6 Å². The number of amides is 1. The number of halogens is 1. The number of pyridine rings is 1. The smallest absolute Gasteiger partial charge is 0.264 e. The number of hydrogen-bond acceptors (Lipinski definition) is 5. The summed E-state index contributed by atoms with van der Waals surface area (Å²) in [6.07, 6.45) is 7.73. The number of nitrogens with one attached hydrogen (secondary N) is 1. The topological polar surface area (TPSA) is 79.7 Å². The predicted molar refractivity (Wildman–Crippen MR) is 143 cm³/mol. The summed E-state index contributed by atoms with van der Waals surface area (Å²) in [5.41, 5.74) is 5.28. The second-order valence-corrected chi connectivity index (χ2v) is 10.4. The van der Waals surface area contributed by atoms with Crippen LogP contribution in [0.2, 0.25) is 0 Å². The van der Waals surface area contributed by atoms with Crippen molar-refractivity contribution in [1.29, 1.82) is 0 Å². The van der Waals surface area contributed by atoms with Crippen molar-refractivity contribution < 1.29 is 9.18 Å². The lowest BCUT2D eigenvalue weighted by Gasteiger charge is -2.17. The molecule has 7 rings (SSSR count). The fraction of sp³-hybridized carbons (Fsp3) is 0.286. The minimum atomic E-state index is -0.332. The van der Waals surface area contributed by atoms with Crippen LogP contribution in [0.3, 0.4) is 0 Å². The van der Waals surface area contributed by atoms with Gasteiger partial charge in [0.1, 0.15) is 11.6 Å². The first kappa shape index (κ1) is 23.5. The Morgan fingerprint density at radius 2 is 2.00 bits per heavy atom. The van der Waals surface area contributed by atoms with E-state index in [1.807, 2.05) is 39.2 Å². The van der Waals surface area contributed by atoms with Crippen LogP contribution in [0.4, 0.5) is 4.39 Å². The third kappa shape index (κ3) is 4.23. The molecule has 1 aromatic carbocycles. The zero-order valence-electron chi connectivity index (χ0n) is 21.0. The van der Waals surface area contributed by atoms with Crippen molar-refractivity contribution in [3.05, 3.63) is 75.6 Å². The lowest BCUT2D eigenvalue weighted by Crippen LogP contribution is -2.23. The number of nitrogens with zero attached hydrogens (tertiary/aromatic N) is 5. The quantitative estimate of drug-likeness (QED) is 0.299. The normalized spacial score (nSPS) is 14.7. The summed E-state index contributed by atoms with van der Waals surface area (Å²) in [4.78, 5) is 29.1. The van der Waals surface area contributed by atoms with E-state index in [0.29, 0.717) is 29.5 Å². The van der Waals surface area contributed by atoms with Crippen LogP contribution >= 0.6 is 11.3 Å². The summed E-state index contributed by atoms with van der Waals surface area (Å²) in [5.74, 6) is 0.986. The van der Waals surface area contributed by atoms with E-state index in [1.165, 1.54) is 23.8 Å². The highest BCUT2D eigenvalue weighted by molar-refractivity contribution is 7.14. The Morgan fingerprint density at radius 1 is 1.16 bits per heavy atom. The third-order valence-corrected chi connectivity index (χ3v) is 8.07. The highest BCUT2D eigenvalue weighted by Crippen LogP contribution is 2.46. The minimum Gasteiger partial charge on any atom is -0.336 e. The molecule has 1 N–H and O–H groups in total. The number of carbonyl (C=O) groups is 1. The van der Waals surface area contributed by atoms with Crippen LogP contribution in [-0.4, -0.2) is 35.5 Å². The molecule has 0 atom stereocenters. The standard InChI is InChI=1S/C26H21FN6OS.C2H6/c1-32-11-18(10-29-32)24-30-22-19(6-7-28-25(22)31-24)15-4-5-16(20(27)8-15)12-33-13-17-9-21(14-2-3-14)35-23(17)26(33)34;1-2/h4-11,14H,2-3,12-13H2,1H3,(H,28,30,31);1-2H3. The molecule has 9 heteroatoms. The average molecular weight is 515 g/mol. The maximum absolute atomic E-state index is 15.2. The fourth-order valence-electron chi connectivity index (χ4n) is 4.75. The zero-order valence-corrected chi connectivity index (χ0v) is 21.8. The highest BCUT2D eigenvalue weighted by atomic mass is 32.1. The van der Waals surface area contributed by atoms with E-state index in [2.05, 4.69) is 26.1 Å². The molecule has 4 aromatic heterocycles. The van der Waals surface area contributed by atoms with Gasteiger partial charge in [-0.1, -0.05) is 26.0 Å². The number of thiophene rings is 1. The van der Waals surface area contributed by atoms with Gasteiger partial charge in [-0.25, -0.2) is 14.4 Å². The fourth-order valence-corrected chi connectivity index (χ4v) is 6.06. The predicted octanol–water partition coefficient (Wildman–Crippen LogP) is 6.29. The summed E-state index contributed by atoms with van der Waals surface area (Å²) in [6.45, 7) is 4.81. The number of aromatic amines is 1. The summed E-state index contributed by atoms with van der Waals surface area (Å²) in [5, 5.41) is 4.20. The number of carbonyl (C=O) groups excluding carboxylic acids is 1. The van der Waals surface area contributed by atoms with Crippen molar-refractivity contribution in [2.24, 2.45) is 7.05 Å². The van der Waals surface area contributed by atoms with Gasteiger partial charge in [-0.15, -0.1) is 11.3 Å². The Hall–Kier alpha value is -3.85. The van der Waals surface area contributed by atoms with Gasteiger partial charge in [0.2, 0.25) is 0 Å². The first-order chi connectivity index (χ1) is 18.0. The Kier molecular flexibility index (Phi) is 5.87. The maximum Gasteiger partial charge on any atom is 0.264 e. The third-order valence-electron chi connectivity index (χ3n) is 6.75. The van der Waals surface area contributed by atoms with Crippen molar-refractivity contribution in [1.82, 2.24) is 29.6 Å².